The number of carboxylic acid groups (broad SMARTS) is 1. The molecule has 2 aliphatic carbocycles. The molecule has 0 amide bonds. The summed E-state index contributed by atoms with van der Waals surface area (Å²) < 4.78 is 0. The van der Waals surface area contributed by atoms with E-state index in [1.54, 1.807) is 6.92 Å². The highest BCUT2D eigenvalue weighted by Crippen LogP contribution is 2.45. The summed E-state index contributed by atoms with van der Waals surface area (Å²) in [5, 5.41) is 9.03. The molecule has 0 unspecified atom stereocenters. The van der Waals surface area contributed by atoms with Gasteiger partial charge in [0.1, 0.15) is 0 Å². The zero-order valence-electron chi connectivity index (χ0n) is 8.75. The van der Waals surface area contributed by atoms with Crippen molar-refractivity contribution in [2.24, 2.45) is 11.8 Å². The zero-order valence-corrected chi connectivity index (χ0v) is 8.75. The molecule has 0 saturated heterocycles. The van der Waals surface area contributed by atoms with Crippen LogP contribution in [0, 0.1) is 11.8 Å². The Bertz CT molecular complexity index is 254. The lowest BCUT2D eigenvalue weighted by Crippen LogP contribution is -2.26. The standard InChI is InChI=1S/C12H18O2/c1-8(12(13)14)11(9-4-2-5-9)10-6-3-7-10/h9-10H,2-7H2,1H3,(H,13,14). The van der Waals surface area contributed by atoms with E-state index in [1.165, 1.54) is 44.1 Å². The Hall–Kier alpha value is -0.790. The summed E-state index contributed by atoms with van der Waals surface area (Å²) in [7, 11) is 0. The van der Waals surface area contributed by atoms with Gasteiger partial charge in [-0.05, 0) is 44.4 Å². The van der Waals surface area contributed by atoms with Gasteiger partial charge >= 0.3 is 5.97 Å². The van der Waals surface area contributed by atoms with E-state index in [4.69, 9.17) is 5.11 Å². The molecule has 0 aromatic rings. The van der Waals surface area contributed by atoms with Gasteiger partial charge < -0.3 is 5.11 Å². The van der Waals surface area contributed by atoms with Crippen LogP contribution >= 0.6 is 0 Å². The Morgan fingerprint density at radius 3 is 1.71 bits per heavy atom. The molecule has 0 aliphatic heterocycles. The maximum atomic E-state index is 11.0. The molecule has 0 aromatic carbocycles. The first-order chi connectivity index (χ1) is 6.70. The minimum Gasteiger partial charge on any atom is -0.478 e. The minimum absolute atomic E-state index is 0.608. The van der Waals surface area contributed by atoms with Gasteiger partial charge in [-0.25, -0.2) is 4.79 Å². The molecule has 2 aliphatic rings. The van der Waals surface area contributed by atoms with Gasteiger partial charge in [0, 0.05) is 5.57 Å². The third-order valence-electron chi connectivity index (χ3n) is 3.84. The number of carbonyl (C=O) groups is 1. The predicted octanol–water partition coefficient (Wildman–Crippen LogP) is 2.99. The van der Waals surface area contributed by atoms with Crippen molar-refractivity contribution in [2.45, 2.75) is 45.4 Å². The fraction of sp³-hybridized carbons (Fsp3) is 0.750. The zero-order chi connectivity index (χ0) is 10.1. The van der Waals surface area contributed by atoms with E-state index in [1.807, 2.05) is 0 Å². The molecular weight excluding hydrogens is 176 g/mol. The van der Waals surface area contributed by atoms with Crippen LogP contribution in [0.15, 0.2) is 11.1 Å². The first-order valence-electron chi connectivity index (χ1n) is 5.64. The SMILES string of the molecule is CC(C(=O)O)=C(C1CCC1)C1CCC1. The topological polar surface area (TPSA) is 37.3 Å². The van der Waals surface area contributed by atoms with Crippen molar-refractivity contribution in [1.29, 1.82) is 0 Å². The van der Waals surface area contributed by atoms with E-state index in [0.717, 1.165) is 0 Å². The van der Waals surface area contributed by atoms with E-state index in [0.29, 0.717) is 17.4 Å². The van der Waals surface area contributed by atoms with E-state index < -0.39 is 5.97 Å². The molecule has 2 heteroatoms. The maximum Gasteiger partial charge on any atom is 0.331 e. The van der Waals surface area contributed by atoms with Crippen LogP contribution in [-0.4, -0.2) is 11.1 Å². The van der Waals surface area contributed by atoms with Gasteiger partial charge in [0.05, 0.1) is 0 Å². The van der Waals surface area contributed by atoms with Gasteiger partial charge in [-0.2, -0.15) is 0 Å². The molecule has 14 heavy (non-hydrogen) atoms. The Morgan fingerprint density at radius 2 is 1.50 bits per heavy atom. The summed E-state index contributed by atoms with van der Waals surface area (Å²) >= 11 is 0. The number of allylic oxidation sites excluding steroid dienone is 1. The summed E-state index contributed by atoms with van der Waals surface area (Å²) in [5.74, 6) is 0.506. The van der Waals surface area contributed by atoms with Crippen LogP contribution in [0.25, 0.3) is 0 Å². The number of hydrogen-bond donors (Lipinski definition) is 1. The van der Waals surface area contributed by atoms with E-state index in [9.17, 15) is 4.79 Å². The number of rotatable bonds is 3. The average molecular weight is 194 g/mol. The number of aliphatic carboxylic acids is 1. The molecule has 2 saturated carbocycles. The van der Waals surface area contributed by atoms with Gasteiger partial charge in [-0.15, -0.1) is 0 Å². The summed E-state index contributed by atoms with van der Waals surface area (Å²) in [6, 6.07) is 0. The average Bonchev–Trinajstić information content (AvgIpc) is 1.94. The molecule has 1 N–H and O–H groups in total. The van der Waals surface area contributed by atoms with E-state index in [2.05, 4.69) is 0 Å². The fourth-order valence-electron chi connectivity index (χ4n) is 2.51. The minimum atomic E-state index is -0.709. The van der Waals surface area contributed by atoms with Gasteiger partial charge in [-0.1, -0.05) is 18.4 Å². The molecule has 0 bridgehead atoms. The van der Waals surface area contributed by atoms with Crippen LogP contribution < -0.4 is 0 Å². The second-order valence-corrected chi connectivity index (χ2v) is 4.64. The molecule has 0 atom stereocenters. The monoisotopic (exact) mass is 194 g/mol. The highest BCUT2D eigenvalue weighted by Gasteiger charge is 2.33. The highest BCUT2D eigenvalue weighted by atomic mass is 16.4. The molecule has 2 rings (SSSR count). The van der Waals surface area contributed by atoms with Crippen LogP contribution in [0.4, 0.5) is 0 Å². The highest BCUT2D eigenvalue weighted by molar-refractivity contribution is 5.87. The lowest BCUT2D eigenvalue weighted by Gasteiger charge is -2.38. The Morgan fingerprint density at radius 1 is 1.07 bits per heavy atom. The predicted molar refractivity (Wildman–Crippen MR) is 55.0 cm³/mol. The lowest BCUT2D eigenvalue weighted by molar-refractivity contribution is -0.132. The largest absolute Gasteiger partial charge is 0.478 e. The number of carboxylic acids is 1. The maximum absolute atomic E-state index is 11.0. The van der Waals surface area contributed by atoms with Crippen LogP contribution in [0.1, 0.15) is 45.4 Å². The lowest BCUT2D eigenvalue weighted by atomic mass is 9.67. The van der Waals surface area contributed by atoms with Gasteiger partial charge in [0.25, 0.3) is 0 Å². The van der Waals surface area contributed by atoms with Crippen molar-refractivity contribution < 1.29 is 9.90 Å². The van der Waals surface area contributed by atoms with Crippen LogP contribution in [-0.2, 0) is 4.79 Å². The Kier molecular flexibility index (Phi) is 2.62. The fourth-order valence-corrected chi connectivity index (χ4v) is 2.51. The van der Waals surface area contributed by atoms with Crippen molar-refractivity contribution in [3.8, 4) is 0 Å². The van der Waals surface area contributed by atoms with Gasteiger partial charge in [0.2, 0.25) is 0 Å². The number of hydrogen-bond acceptors (Lipinski definition) is 1. The first-order valence-corrected chi connectivity index (χ1v) is 5.64. The van der Waals surface area contributed by atoms with Gasteiger partial charge in [-0.3, -0.25) is 0 Å². The Labute approximate surface area is 85.0 Å². The normalized spacial score (nSPS) is 22.4. The quantitative estimate of drug-likeness (QED) is 0.701. The second kappa shape index (κ2) is 3.76. The van der Waals surface area contributed by atoms with Crippen molar-refractivity contribution in [3.05, 3.63) is 11.1 Å². The van der Waals surface area contributed by atoms with Crippen LogP contribution in [0.2, 0.25) is 0 Å². The molecule has 0 heterocycles. The third kappa shape index (κ3) is 1.58. The second-order valence-electron chi connectivity index (χ2n) is 4.64. The smallest absolute Gasteiger partial charge is 0.331 e. The summed E-state index contributed by atoms with van der Waals surface area (Å²) in [6.07, 6.45) is 7.45. The van der Waals surface area contributed by atoms with E-state index in [-0.39, 0.29) is 0 Å². The van der Waals surface area contributed by atoms with Crippen molar-refractivity contribution in [3.63, 3.8) is 0 Å². The summed E-state index contributed by atoms with van der Waals surface area (Å²) in [4.78, 5) is 11.0. The third-order valence-corrected chi connectivity index (χ3v) is 3.84. The molecule has 0 spiro atoms. The Balaban J connectivity index is 2.19. The van der Waals surface area contributed by atoms with Crippen LogP contribution in [0.5, 0.6) is 0 Å². The van der Waals surface area contributed by atoms with Crippen molar-refractivity contribution in [1.82, 2.24) is 0 Å². The van der Waals surface area contributed by atoms with Crippen molar-refractivity contribution in [2.75, 3.05) is 0 Å². The molecule has 0 aromatic heterocycles. The first kappa shape index (κ1) is 9.75. The molecule has 2 nitrogen and oxygen atoms in total. The van der Waals surface area contributed by atoms with Gasteiger partial charge in [0.15, 0.2) is 0 Å². The summed E-state index contributed by atoms with van der Waals surface area (Å²) in [6.45, 7) is 1.79. The van der Waals surface area contributed by atoms with Crippen molar-refractivity contribution >= 4 is 5.97 Å². The molecule has 0 radical (unpaired) electrons. The molecular formula is C12H18O2. The molecule has 2 fully saturated rings. The van der Waals surface area contributed by atoms with Crippen LogP contribution in [0.3, 0.4) is 0 Å². The summed E-state index contributed by atoms with van der Waals surface area (Å²) in [5.41, 5.74) is 1.93. The van der Waals surface area contributed by atoms with E-state index >= 15 is 0 Å². The molecule has 78 valence electrons.